The molecule has 0 spiro atoms. The smallest absolute Gasteiger partial charge is 0.223 e. The molecule has 2 rings (SSSR count). The number of amides is 1. The Kier molecular flexibility index (Phi) is 5.04. The van der Waals surface area contributed by atoms with E-state index in [1.54, 1.807) is 6.07 Å². The Hall–Kier alpha value is -2.49. The van der Waals surface area contributed by atoms with Gasteiger partial charge in [0.25, 0.3) is 0 Å². The Morgan fingerprint density at radius 3 is 2.32 bits per heavy atom. The molecule has 0 saturated heterocycles. The summed E-state index contributed by atoms with van der Waals surface area (Å²) in [6.45, 7) is 4.37. The van der Waals surface area contributed by atoms with Crippen molar-refractivity contribution in [2.75, 3.05) is 0 Å². The minimum atomic E-state index is -0.214. The second-order valence-corrected chi connectivity index (χ2v) is 5.63. The van der Waals surface area contributed by atoms with Crippen LogP contribution in [-0.4, -0.2) is 16.1 Å². The van der Waals surface area contributed by atoms with Crippen LogP contribution in [0.4, 0.5) is 0 Å². The molecule has 0 aliphatic heterocycles. The van der Waals surface area contributed by atoms with Crippen molar-refractivity contribution in [2.24, 2.45) is 5.92 Å². The SMILES string of the molecule is Cc1ccc(CNC(=O)C(C)Cc2ccc(O)c(O)c2)cc1. The summed E-state index contributed by atoms with van der Waals surface area (Å²) in [5.74, 6) is -0.562. The fraction of sp³-hybridized carbons (Fsp3) is 0.278. The Labute approximate surface area is 130 Å². The van der Waals surface area contributed by atoms with Gasteiger partial charge in [-0.3, -0.25) is 4.79 Å². The van der Waals surface area contributed by atoms with Crippen molar-refractivity contribution in [3.8, 4) is 11.5 Å². The maximum atomic E-state index is 12.1. The summed E-state index contributed by atoms with van der Waals surface area (Å²) in [6, 6.07) is 12.7. The van der Waals surface area contributed by atoms with Crippen LogP contribution in [0.25, 0.3) is 0 Å². The molecule has 0 aliphatic carbocycles. The van der Waals surface area contributed by atoms with Crippen LogP contribution in [0.1, 0.15) is 23.6 Å². The Bertz CT molecular complexity index is 650. The number of aromatic hydroxyl groups is 2. The first kappa shape index (κ1) is 15.9. The molecule has 0 aliphatic rings. The summed E-state index contributed by atoms with van der Waals surface area (Å²) in [4.78, 5) is 12.1. The van der Waals surface area contributed by atoms with E-state index in [-0.39, 0.29) is 23.3 Å². The first-order valence-electron chi connectivity index (χ1n) is 7.30. The maximum Gasteiger partial charge on any atom is 0.223 e. The minimum Gasteiger partial charge on any atom is -0.504 e. The van der Waals surface area contributed by atoms with Crippen molar-refractivity contribution in [3.05, 3.63) is 59.2 Å². The summed E-state index contributed by atoms with van der Waals surface area (Å²) in [7, 11) is 0. The minimum absolute atomic E-state index is 0.0341. The van der Waals surface area contributed by atoms with Gasteiger partial charge in [0.15, 0.2) is 11.5 Å². The van der Waals surface area contributed by atoms with Gasteiger partial charge >= 0.3 is 0 Å². The molecule has 3 N–H and O–H groups in total. The lowest BCUT2D eigenvalue weighted by Crippen LogP contribution is -2.29. The molecule has 1 amide bonds. The van der Waals surface area contributed by atoms with Crippen LogP contribution >= 0.6 is 0 Å². The molecule has 0 aromatic heterocycles. The molecule has 4 heteroatoms. The fourth-order valence-corrected chi connectivity index (χ4v) is 2.21. The van der Waals surface area contributed by atoms with Crippen LogP contribution in [0.2, 0.25) is 0 Å². The van der Waals surface area contributed by atoms with Gasteiger partial charge in [0.2, 0.25) is 5.91 Å². The number of phenols is 2. The number of aryl methyl sites for hydroxylation is 1. The first-order chi connectivity index (χ1) is 10.5. The zero-order chi connectivity index (χ0) is 16.1. The van der Waals surface area contributed by atoms with Crippen LogP contribution in [-0.2, 0) is 17.8 Å². The lowest BCUT2D eigenvalue weighted by Gasteiger charge is -2.13. The van der Waals surface area contributed by atoms with Crippen LogP contribution in [0, 0.1) is 12.8 Å². The van der Waals surface area contributed by atoms with E-state index in [0.29, 0.717) is 13.0 Å². The maximum absolute atomic E-state index is 12.1. The number of rotatable bonds is 5. The molecule has 1 atom stereocenters. The molecule has 2 aromatic carbocycles. The van der Waals surface area contributed by atoms with Gasteiger partial charge in [-0.1, -0.05) is 42.8 Å². The number of hydrogen-bond acceptors (Lipinski definition) is 3. The second kappa shape index (κ2) is 6.98. The summed E-state index contributed by atoms with van der Waals surface area (Å²) < 4.78 is 0. The summed E-state index contributed by atoms with van der Waals surface area (Å²) in [5.41, 5.74) is 3.07. The second-order valence-electron chi connectivity index (χ2n) is 5.63. The van der Waals surface area contributed by atoms with E-state index in [1.807, 2.05) is 38.1 Å². The van der Waals surface area contributed by atoms with Crippen molar-refractivity contribution >= 4 is 5.91 Å². The zero-order valence-corrected chi connectivity index (χ0v) is 12.8. The van der Waals surface area contributed by atoms with E-state index in [4.69, 9.17) is 0 Å². The van der Waals surface area contributed by atoms with E-state index >= 15 is 0 Å². The molecule has 0 fully saturated rings. The normalized spacial score (nSPS) is 11.9. The van der Waals surface area contributed by atoms with E-state index in [2.05, 4.69) is 5.32 Å². The highest BCUT2D eigenvalue weighted by Gasteiger charge is 2.14. The van der Waals surface area contributed by atoms with E-state index in [0.717, 1.165) is 11.1 Å². The van der Waals surface area contributed by atoms with Gasteiger partial charge in [0.1, 0.15) is 0 Å². The molecule has 4 nitrogen and oxygen atoms in total. The third kappa shape index (κ3) is 4.25. The van der Waals surface area contributed by atoms with Gasteiger partial charge in [0, 0.05) is 12.5 Å². The van der Waals surface area contributed by atoms with Gasteiger partial charge in [-0.2, -0.15) is 0 Å². The van der Waals surface area contributed by atoms with Crippen molar-refractivity contribution in [1.29, 1.82) is 0 Å². The molecular formula is C18H21NO3. The number of nitrogens with one attached hydrogen (secondary N) is 1. The standard InChI is InChI=1S/C18H21NO3/c1-12-3-5-14(6-4-12)11-19-18(22)13(2)9-15-7-8-16(20)17(21)10-15/h3-8,10,13,20-21H,9,11H2,1-2H3,(H,19,22). The van der Waals surface area contributed by atoms with Gasteiger partial charge in [-0.05, 0) is 36.6 Å². The zero-order valence-electron chi connectivity index (χ0n) is 12.8. The quantitative estimate of drug-likeness (QED) is 0.744. The van der Waals surface area contributed by atoms with Crippen LogP contribution in [0.3, 0.4) is 0 Å². The van der Waals surface area contributed by atoms with Crippen LogP contribution in [0.15, 0.2) is 42.5 Å². The molecule has 0 radical (unpaired) electrons. The van der Waals surface area contributed by atoms with Crippen molar-refractivity contribution in [3.63, 3.8) is 0 Å². The van der Waals surface area contributed by atoms with Crippen LogP contribution in [0.5, 0.6) is 11.5 Å². The van der Waals surface area contributed by atoms with E-state index in [1.165, 1.54) is 17.7 Å². The number of benzene rings is 2. The molecule has 1 unspecified atom stereocenters. The van der Waals surface area contributed by atoms with Gasteiger partial charge in [0.05, 0.1) is 0 Å². The average Bonchev–Trinajstić information content (AvgIpc) is 2.50. The lowest BCUT2D eigenvalue weighted by molar-refractivity contribution is -0.124. The number of hydrogen-bond donors (Lipinski definition) is 3. The summed E-state index contributed by atoms with van der Waals surface area (Å²) >= 11 is 0. The molecule has 22 heavy (non-hydrogen) atoms. The molecule has 0 saturated carbocycles. The summed E-state index contributed by atoms with van der Waals surface area (Å²) in [5, 5.41) is 21.7. The molecular weight excluding hydrogens is 278 g/mol. The molecule has 0 heterocycles. The van der Waals surface area contributed by atoms with Gasteiger partial charge in [-0.25, -0.2) is 0 Å². The first-order valence-corrected chi connectivity index (χ1v) is 7.30. The highest BCUT2D eigenvalue weighted by atomic mass is 16.3. The predicted octanol–water partition coefficient (Wildman–Crippen LogP) is 2.90. The third-order valence-electron chi connectivity index (χ3n) is 3.62. The lowest BCUT2D eigenvalue weighted by atomic mass is 10.00. The van der Waals surface area contributed by atoms with E-state index in [9.17, 15) is 15.0 Å². The highest BCUT2D eigenvalue weighted by molar-refractivity contribution is 5.78. The molecule has 2 aromatic rings. The van der Waals surface area contributed by atoms with Gasteiger partial charge < -0.3 is 15.5 Å². The van der Waals surface area contributed by atoms with Crippen molar-refractivity contribution < 1.29 is 15.0 Å². The fourth-order valence-electron chi connectivity index (χ4n) is 2.21. The largest absolute Gasteiger partial charge is 0.504 e. The topological polar surface area (TPSA) is 69.6 Å². The van der Waals surface area contributed by atoms with E-state index < -0.39 is 0 Å². The predicted molar refractivity (Wildman–Crippen MR) is 85.7 cm³/mol. The highest BCUT2D eigenvalue weighted by Crippen LogP contribution is 2.26. The average molecular weight is 299 g/mol. The molecule has 116 valence electrons. The summed E-state index contributed by atoms with van der Waals surface area (Å²) in [6.07, 6.45) is 0.508. The van der Waals surface area contributed by atoms with Crippen molar-refractivity contribution in [2.45, 2.75) is 26.8 Å². The van der Waals surface area contributed by atoms with Crippen molar-refractivity contribution in [1.82, 2.24) is 5.32 Å². The number of carbonyl (C=O) groups excluding carboxylic acids is 1. The Balaban J connectivity index is 1.88. The van der Waals surface area contributed by atoms with Crippen LogP contribution < -0.4 is 5.32 Å². The number of carbonyl (C=O) groups is 1. The number of phenolic OH excluding ortho intramolecular Hbond substituents is 2. The Morgan fingerprint density at radius 1 is 1.05 bits per heavy atom. The molecule has 0 bridgehead atoms. The monoisotopic (exact) mass is 299 g/mol. The van der Waals surface area contributed by atoms with Gasteiger partial charge in [-0.15, -0.1) is 0 Å². The Morgan fingerprint density at radius 2 is 1.68 bits per heavy atom. The third-order valence-corrected chi connectivity index (χ3v) is 3.62.